The smallest absolute Gasteiger partial charge is 0.340 e. The van der Waals surface area contributed by atoms with E-state index in [0.29, 0.717) is 18.8 Å². The van der Waals surface area contributed by atoms with Gasteiger partial charge in [0, 0.05) is 11.5 Å². The highest BCUT2D eigenvalue weighted by atomic mass is 32.2. The Labute approximate surface area is 156 Å². The van der Waals surface area contributed by atoms with Gasteiger partial charge in [-0.2, -0.15) is 17.2 Å². The molecule has 27 heavy (non-hydrogen) atoms. The van der Waals surface area contributed by atoms with Crippen LogP contribution in [0.3, 0.4) is 0 Å². The zero-order valence-corrected chi connectivity index (χ0v) is 15.3. The second-order valence-corrected chi connectivity index (χ2v) is 7.72. The molecule has 0 N–H and O–H groups in total. The maximum atomic E-state index is 12.5. The standard InChI is InChI=1S/C19H18F2O5S/c1-13(18(20)21)27(22,23)26-17-9-7-15(8-10-17)19-24-11-16(12-25-19)14-5-3-2-4-6-14/h2-10,16,19H,11-12H2,1H3. The van der Waals surface area contributed by atoms with Crippen LogP contribution in [0.5, 0.6) is 5.75 Å². The van der Waals surface area contributed by atoms with Crippen molar-refractivity contribution >= 4 is 10.1 Å². The molecule has 0 unspecified atom stereocenters. The van der Waals surface area contributed by atoms with E-state index in [2.05, 4.69) is 0 Å². The number of hydrogen-bond acceptors (Lipinski definition) is 5. The van der Waals surface area contributed by atoms with E-state index in [-0.39, 0.29) is 11.7 Å². The maximum Gasteiger partial charge on any atom is 0.340 e. The molecular weight excluding hydrogens is 378 g/mol. The summed E-state index contributed by atoms with van der Waals surface area (Å²) in [4.78, 5) is -1.11. The van der Waals surface area contributed by atoms with Gasteiger partial charge in [-0.25, -0.2) is 0 Å². The van der Waals surface area contributed by atoms with Gasteiger partial charge in [-0.1, -0.05) is 42.5 Å². The first-order chi connectivity index (χ1) is 12.9. The largest absolute Gasteiger partial charge is 0.379 e. The van der Waals surface area contributed by atoms with Crippen molar-refractivity contribution in [2.45, 2.75) is 19.1 Å². The van der Waals surface area contributed by atoms with Gasteiger partial charge >= 0.3 is 10.1 Å². The van der Waals surface area contributed by atoms with E-state index < -0.39 is 27.4 Å². The minimum atomic E-state index is -4.52. The molecule has 0 spiro atoms. The van der Waals surface area contributed by atoms with Crippen molar-refractivity contribution < 1.29 is 30.9 Å². The molecule has 1 aliphatic heterocycles. The SMILES string of the molecule is CC(=C(F)F)S(=O)(=O)Oc1ccc(C2OCC(c3ccccc3)CO2)cc1. The van der Waals surface area contributed by atoms with Gasteiger partial charge in [0.25, 0.3) is 6.08 Å². The highest BCUT2D eigenvalue weighted by Gasteiger charge is 2.25. The van der Waals surface area contributed by atoms with E-state index >= 15 is 0 Å². The first-order valence-corrected chi connectivity index (χ1v) is 9.62. The Morgan fingerprint density at radius 3 is 2.11 bits per heavy atom. The summed E-state index contributed by atoms with van der Waals surface area (Å²) in [6, 6.07) is 15.8. The van der Waals surface area contributed by atoms with Crippen LogP contribution in [0.15, 0.2) is 65.6 Å². The molecule has 3 rings (SSSR count). The third-order valence-corrected chi connectivity index (χ3v) is 5.48. The van der Waals surface area contributed by atoms with Crippen LogP contribution in [0, 0.1) is 0 Å². The summed E-state index contributed by atoms with van der Waals surface area (Å²) in [6.07, 6.45) is -2.89. The molecule has 0 radical (unpaired) electrons. The molecule has 0 saturated carbocycles. The lowest BCUT2D eigenvalue weighted by molar-refractivity contribution is -0.191. The highest BCUT2D eigenvalue weighted by Crippen LogP contribution is 2.31. The Morgan fingerprint density at radius 2 is 1.56 bits per heavy atom. The van der Waals surface area contributed by atoms with Crippen molar-refractivity contribution in [1.82, 2.24) is 0 Å². The molecule has 5 nitrogen and oxygen atoms in total. The molecule has 0 amide bonds. The van der Waals surface area contributed by atoms with Gasteiger partial charge in [-0.15, -0.1) is 0 Å². The zero-order chi connectivity index (χ0) is 19.4. The molecule has 0 atom stereocenters. The predicted octanol–water partition coefficient (Wildman–Crippen LogP) is 4.35. The van der Waals surface area contributed by atoms with Crippen LogP contribution in [0.2, 0.25) is 0 Å². The van der Waals surface area contributed by atoms with Crippen LogP contribution < -0.4 is 4.18 Å². The van der Waals surface area contributed by atoms with Gasteiger partial charge in [0.2, 0.25) is 0 Å². The second-order valence-electron chi connectivity index (χ2n) is 6.03. The van der Waals surface area contributed by atoms with Crippen molar-refractivity contribution in [3.63, 3.8) is 0 Å². The average molecular weight is 396 g/mol. The first-order valence-electron chi connectivity index (χ1n) is 8.21. The lowest BCUT2D eigenvalue weighted by atomic mass is 10.0. The fourth-order valence-corrected chi connectivity index (χ4v) is 3.26. The van der Waals surface area contributed by atoms with Crippen molar-refractivity contribution in [2.24, 2.45) is 0 Å². The van der Waals surface area contributed by atoms with Crippen LogP contribution in [-0.2, 0) is 19.6 Å². The van der Waals surface area contributed by atoms with Crippen molar-refractivity contribution in [3.05, 3.63) is 76.7 Å². The Hall–Kier alpha value is -2.29. The average Bonchev–Trinajstić information content (AvgIpc) is 2.68. The van der Waals surface area contributed by atoms with Crippen LogP contribution in [0.25, 0.3) is 0 Å². The fraction of sp³-hybridized carbons (Fsp3) is 0.263. The van der Waals surface area contributed by atoms with Crippen molar-refractivity contribution in [1.29, 1.82) is 0 Å². The van der Waals surface area contributed by atoms with Gasteiger partial charge in [0.1, 0.15) is 10.7 Å². The summed E-state index contributed by atoms with van der Waals surface area (Å²) in [5.41, 5.74) is 1.81. The lowest BCUT2D eigenvalue weighted by Crippen LogP contribution is -2.25. The summed E-state index contributed by atoms with van der Waals surface area (Å²) in [6.45, 7) is 1.76. The number of ether oxygens (including phenoxy) is 2. The van der Waals surface area contributed by atoms with Crippen molar-refractivity contribution in [2.75, 3.05) is 13.2 Å². The van der Waals surface area contributed by atoms with E-state index in [0.717, 1.165) is 12.5 Å². The minimum absolute atomic E-state index is 0.0719. The number of benzene rings is 2. The van der Waals surface area contributed by atoms with Crippen LogP contribution in [-0.4, -0.2) is 21.6 Å². The van der Waals surface area contributed by atoms with Gasteiger partial charge < -0.3 is 13.7 Å². The molecule has 1 saturated heterocycles. The second kappa shape index (κ2) is 8.16. The molecule has 1 aliphatic rings. The third kappa shape index (κ3) is 4.71. The van der Waals surface area contributed by atoms with E-state index in [9.17, 15) is 17.2 Å². The summed E-state index contributed by atoms with van der Waals surface area (Å²) in [5, 5.41) is 0. The zero-order valence-electron chi connectivity index (χ0n) is 14.5. The summed E-state index contributed by atoms with van der Waals surface area (Å²) >= 11 is 0. The minimum Gasteiger partial charge on any atom is -0.379 e. The van der Waals surface area contributed by atoms with E-state index in [4.69, 9.17) is 13.7 Å². The van der Waals surface area contributed by atoms with E-state index in [1.165, 1.54) is 12.1 Å². The Morgan fingerprint density at radius 1 is 0.963 bits per heavy atom. The molecule has 1 fully saturated rings. The number of allylic oxidation sites excluding steroid dienone is 1. The van der Waals surface area contributed by atoms with Crippen molar-refractivity contribution in [3.8, 4) is 5.75 Å². The monoisotopic (exact) mass is 396 g/mol. The van der Waals surface area contributed by atoms with Crippen LogP contribution >= 0.6 is 0 Å². The molecule has 2 aromatic rings. The molecule has 8 heteroatoms. The predicted molar refractivity (Wildman–Crippen MR) is 94.7 cm³/mol. The van der Waals surface area contributed by atoms with Gasteiger partial charge in [-0.3, -0.25) is 0 Å². The van der Waals surface area contributed by atoms with Gasteiger partial charge in [-0.05, 0) is 24.6 Å². The number of rotatable bonds is 5. The topological polar surface area (TPSA) is 61.8 Å². The Bertz CT molecular complexity index is 899. The quantitative estimate of drug-likeness (QED) is 0.703. The molecule has 2 aromatic carbocycles. The van der Waals surface area contributed by atoms with E-state index in [1.807, 2.05) is 30.3 Å². The molecule has 144 valence electrons. The summed E-state index contributed by atoms with van der Waals surface area (Å²) < 4.78 is 64.5. The highest BCUT2D eigenvalue weighted by molar-refractivity contribution is 7.91. The molecule has 0 aliphatic carbocycles. The third-order valence-electron chi connectivity index (χ3n) is 4.17. The van der Waals surface area contributed by atoms with Gasteiger partial charge in [0.15, 0.2) is 6.29 Å². The van der Waals surface area contributed by atoms with Crippen LogP contribution in [0.1, 0.15) is 30.3 Å². The molecule has 0 bridgehead atoms. The fourth-order valence-electron chi connectivity index (χ4n) is 2.58. The number of hydrogen-bond donors (Lipinski definition) is 0. The van der Waals surface area contributed by atoms with E-state index in [1.54, 1.807) is 12.1 Å². The van der Waals surface area contributed by atoms with Gasteiger partial charge in [0.05, 0.1) is 13.2 Å². The molecule has 1 heterocycles. The first kappa shape index (κ1) is 19.5. The summed E-state index contributed by atoms with van der Waals surface area (Å²) in [5.74, 6) is 0.0675. The maximum absolute atomic E-state index is 12.5. The summed E-state index contributed by atoms with van der Waals surface area (Å²) in [7, 11) is -4.52. The Balaban J connectivity index is 1.63. The molecular formula is C19H18F2O5S. The Kier molecular flexibility index (Phi) is 5.88. The molecule has 0 aromatic heterocycles. The number of halogens is 2. The lowest BCUT2D eigenvalue weighted by Gasteiger charge is -2.30. The normalized spacial score (nSPS) is 20.1. The van der Waals surface area contributed by atoms with Crippen LogP contribution in [0.4, 0.5) is 8.78 Å².